The summed E-state index contributed by atoms with van der Waals surface area (Å²) in [5, 5.41) is 2.42. The van der Waals surface area contributed by atoms with Gasteiger partial charge in [-0.3, -0.25) is 4.79 Å². The largest absolute Gasteiger partial charge is 0.353 e. The highest BCUT2D eigenvalue weighted by Crippen LogP contribution is 2.24. The average molecular weight is 376 g/mol. The van der Waals surface area contributed by atoms with Gasteiger partial charge in [0.1, 0.15) is 0 Å². The molecule has 2 rings (SSSR count). The van der Waals surface area contributed by atoms with Crippen molar-refractivity contribution in [2.45, 2.75) is 38.0 Å². The maximum absolute atomic E-state index is 12.5. The van der Waals surface area contributed by atoms with Crippen LogP contribution in [0.15, 0.2) is 18.2 Å². The molecule has 1 heterocycles. The Morgan fingerprint density at radius 1 is 1.38 bits per heavy atom. The zero-order chi connectivity index (χ0) is 17.5. The van der Waals surface area contributed by atoms with Crippen molar-refractivity contribution < 1.29 is 19.1 Å². The Hall–Kier alpha value is -0.690. The molecule has 5 nitrogen and oxygen atoms in total. The number of hydroxylamine groups is 2. The number of hydrogen-bond donors (Lipinski definition) is 0. The molecule has 0 spiro atoms. The maximum Gasteiger partial charge on any atom is 0.164 e. The van der Waals surface area contributed by atoms with Gasteiger partial charge in [0.25, 0.3) is 0 Å². The zero-order valence-corrected chi connectivity index (χ0v) is 15.5. The van der Waals surface area contributed by atoms with Gasteiger partial charge in [0.05, 0.1) is 29.8 Å². The van der Waals surface area contributed by atoms with Crippen LogP contribution in [-0.4, -0.2) is 50.5 Å². The molecule has 24 heavy (non-hydrogen) atoms. The number of carbonyl (C=O) groups is 1. The fraction of sp³-hybridized carbons (Fsp3) is 0.588. The lowest BCUT2D eigenvalue weighted by atomic mass is 10.0. The number of halogens is 2. The van der Waals surface area contributed by atoms with E-state index in [2.05, 4.69) is 0 Å². The molecule has 0 radical (unpaired) electrons. The van der Waals surface area contributed by atoms with Crippen molar-refractivity contribution >= 4 is 29.0 Å². The molecule has 1 saturated heterocycles. The number of ether oxygens (including phenoxy) is 2. The van der Waals surface area contributed by atoms with Gasteiger partial charge in [0.15, 0.2) is 12.1 Å². The number of nitrogens with zero attached hydrogens (tertiary/aromatic N) is 1. The number of likely N-dealkylation sites (N-methyl/N-ethyl adjacent to an activating group) is 1. The quantitative estimate of drug-likeness (QED) is 0.508. The molecule has 2 atom stereocenters. The predicted molar refractivity (Wildman–Crippen MR) is 93.5 cm³/mol. The molecule has 1 aliphatic heterocycles. The van der Waals surface area contributed by atoms with Gasteiger partial charge >= 0.3 is 0 Å². The number of rotatable bonds is 8. The molecule has 134 valence electrons. The maximum atomic E-state index is 12.5. The molecule has 0 aromatic heterocycles. The van der Waals surface area contributed by atoms with Crippen LogP contribution in [0.1, 0.15) is 36.0 Å². The van der Waals surface area contributed by atoms with Gasteiger partial charge in [-0.25, -0.2) is 0 Å². The van der Waals surface area contributed by atoms with Crippen LogP contribution in [0.2, 0.25) is 10.0 Å². The van der Waals surface area contributed by atoms with E-state index in [1.807, 2.05) is 0 Å². The number of hydrogen-bond acceptors (Lipinski definition) is 5. The Bertz CT molecular complexity index is 549. The molecule has 1 aromatic rings. The molecule has 0 amide bonds. The van der Waals surface area contributed by atoms with E-state index in [9.17, 15) is 4.79 Å². The molecular weight excluding hydrogens is 353 g/mol. The second-order valence-corrected chi connectivity index (χ2v) is 6.58. The molecular formula is C17H23Cl2NO4. The third kappa shape index (κ3) is 5.69. The summed E-state index contributed by atoms with van der Waals surface area (Å²) in [6.45, 7) is 1.07. The third-order valence-electron chi connectivity index (χ3n) is 4.08. The second kappa shape index (κ2) is 9.70. The van der Waals surface area contributed by atoms with E-state index in [1.54, 1.807) is 37.4 Å². The van der Waals surface area contributed by atoms with E-state index in [-0.39, 0.29) is 24.5 Å². The summed E-state index contributed by atoms with van der Waals surface area (Å²) in [6.07, 6.45) is 3.08. The number of benzene rings is 1. The molecule has 0 bridgehead atoms. The molecule has 0 N–H and O–H groups in total. The van der Waals surface area contributed by atoms with E-state index in [4.69, 9.17) is 37.5 Å². The average Bonchev–Trinajstić information content (AvgIpc) is 2.60. The molecule has 2 unspecified atom stereocenters. The van der Waals surface area contributed by atoms with Gasteiger partial charge in [-0.05, 0) is 37.5 Å². The Morgan fingerprint density at radius 3 is 2.79 bits per heavy atom. The van der Waals surface area contributed by atoms with Crippen LogP contribution in [0.4, 0.5) is 0 Å². The second-order valence-electron chi connectivity index (χ2n) is 5.77. The summed E-state index contributed by atoms with van der Waals surface area (Å²) in [6, 6.07) is 4.66. The highest BCUT2D eigenvalue weighted by Gasteiger charge is 2.23. The molecule has 0 saturated carbocycles. The summed E-state index contributed by atoms with van der Waals surface area (Å²) in [5.74, 6) is -0.0457. The first-order valence-corrected chi connectivity index (χ1v) is 8.75. The van der Waals surface area contributed by atoms with Gasteiger partial charge in [0, 0.05) is 25.6 Å². The van der Waals surface area contributed by atoms with Crippen LogP contribution in [0.25, 0.3) is 0 Å². The predicted octanol–water partition coefficient (Wildman–Crippen LogP) is 3.97. The molecule has 0 aliphatic carbocycles. The van der Waals surface area contributed by atoms with Crippen molar-refractivity contribution in [3.05, 3.63) is 33.8 Å². The van der Waals surface area contributed by atoms with Gasteiger partial charge in [0.2, 0.25) is 0 Å². The van der Waals surface area contributed by atoms with Crippen LogP contribution in [-0.2, 0) is 14.3 Å². The molecule has 1 aromatic carbocycles. The lowest BCUT2D eigenvalue weighted by Gasteiger charge is -2.29. The standard InChI is InChI=1S/C17H23Cl2NO4/c1-20(22-2)13(11-24-17-5-3-4-8-23-17)10-16(21)12-6-7-14(18)15(19)9-12/h6-7,9,13,17H,3-5,8,10-11H2,1-2H3. The van der Waals surface area contributed by atoms with Gasteiger partial charge in [-0.2, -0.15) is 5.06 Å². The first kappa shape index (κ1) is 19.6. The lowest BCUT2D eigenvalue weighted by molar-refractivity contribution is -0.200. The van der Waals surface area contributed by atoms with E-state index in [1.165, 1.54) is 0 Å². The van der Waals surface area contributed by atoms with Gasteiger partial charge in [-0.1, -0.05) is 23.2 Å². The molecule has 1 aliphatic rings. The van der Waals surface area contributed by atoms with E-state index in [0.717, 1.165) is 25.9 Å². The SMILES string of the molecule is CON(C)C(COC1CCCCO1)CC(=O)c1ccc(Cl)c(Cl)c1. The Kier molecular flexibility index (Phi) is 7.94. The number of carbonyl (C=O) groups excluding carboxylic acids is 1. The minimum absolute atomic E-state index is 0.0457. The van der Waals surface area contributed by atoms with Crippen molar-refractivity contribution in [1.29, 1.82) is 0 Å². The topological polar surface area (TPSA) is 48.0 Å². The van der Waals surface area contributed by atoms with Crippen molar-refractivity contribution in [1.82, 2.24) is 5.06 Å². The normalized spacial score (nSPS) is 19.5. The Balaban J connectivity index is 1.96. The zero-order valence-electron chi connectivity index (χ0n) is 14.0. The molecule has 1 fully saturated rings. The highest BCUT2D eigenvalue weighted by molar-refractivity contribution is 6.42. The number of Topliss-reactive ketones (excluding diaryl/α,β-unsaturated/α-hetero) is 1. The molecule has 7 heteroatoms. The Labute approximate surface area is 152 Å². The van der Waals surface area contributed by atoms with Crippen LogP contribution in [0.3, 0.4) is 0 Å². The minimum Gasteiger partial charge on any atom is -0.353 e. The lowest BCUT2D eigenvalue weighted by Crippen LogP contribution is -2.38. The van der Waals surface area contributed by atoms with Crippen molar-refractivity contribution in [3.63, 3.8) is 0 Å². The summed E-state index contributed by atoms with van der Waals surface area (Å²) in [7, 11) is 3.34. The summed E-state index contributed by atoms with van der Waals surface area (Å²) in [5.41, 5.74) is 0.521. The summed E-state index contributed by atoms with van der Waals surface area (Å²) >= 11 is 11.9. The van der Waals surface area contributed by atoms with Crippen LogP contribution in [0.5, 0.6) is 0 Å². The third-order valence-corrected chi connectivity index (χ3v) is 4.82. The van der Waals surface area contributed by atoms with Crippen LogP contribution < -0.4 is 0 Å². The summed E-state index contributed by atoms with van der Waals surface area (Å²) in [4.78, 5) is 17.8. The summed E-state index contributed by atoms with van der Waals surface area (Å²) < 4.78 is 11.4. The van der Waals surface area contributed by atoms with E-state index in [0.29, 0.717) is 22.2 Å². The highest BCUT2D eigenvalue weighted by atomic mass is 35.5. The van der Waals surface area contributed by atoms with Gasteiger partial charge in [-0.15, -0.1) is 0 Å². The fourth-order valence-corrected chi connectivity index (χ4v) is 2.80. The first-order chi connectivity index (χ1) is 11.5. The minimum atomic E-state index is -0.220. The van der Waals surface area contributed by atoms with Crippen molar-refractivity contribution in [2.75, 3.05) is 27.4 Å². The smallest absolute Gasteiger partial charge is 0.164 e. The number of ketones is 1. The van der Waals surface area contributed by atoms with Crippen molar-refractivity contribution in [3.8, 4) is 0 Å². The van der Waals surface area contributed by atoms with Crippen molar-refractivity contribution in [2.24, 2.45) is 0 Å². The van der Waals surface area contributed by atoms with Gasteiger partial charge < -0.3 is 14.3 Å². The fourth-order valence-electron chi connectivity index (χ4n) is 2.50. The van der Waals surface area contributed by atoms with Crippen LogP contribution in [0, 0.1) is 0 Å². The van der Waals surface area contributed by atoms with Crippen LogP contribution >= 0.6 is 23.2 Å². The Morgan fingerprint density at radius 2 is 2.17 bits per heavy atom. The van der Waals surface area contributed by atoms with E-state index < -0.39 is 0 Å². The van der Waals surface area contributed by atoms with E-state index >= 15 is 0 Å². The first-order valence-electron chi connectivity index (χ1n) is 7.99. The monoisotopic (exact) mass is 375 g/mol.